The first-order valence-electron chi connectivity index (χ1n) is 7.01. The number of thiophene rings is 1. The summed E-state index contributed by atoms with van der Waals surface area (Å²) in [4.78, 5) is 24.2. The zero-order valence-corrected chi connectivity index (χ0v) is 13.3. The number of hydrazine groups is 1. The molecule has 2 rings (SSSR count). The first-order chi connectivity index (χ1) is 10.6. The molecule has 0 aliphatic carbocycles. The van der Waals surface area contributed by atoms with E-state index in [0.717, 1.165) is 6.42 Å². The fourth-order valence-corrected chi connectivity index (χ4v) is 2.27. The lowest BCUT2D eigenvalue weighted by molar-refractivity contribution is 0.0849. The van der Waals surface area contributed by atoms with Gasteiger partial charge in [-0.15, -0.1) is 11.3 Å². The molecular weight excluding hydrogens is 300 g/mol. The largest absolute Gasteiger partial charge is 0.491 e. The zero-order chi connectivity index (χ0) is 15.9. The van der Waals surface area contributed by atoms with Gasteiger partial charge in [0.25, 0.3) is 11.8 Å². The number of carbonyl (C=O) groups is 2. The lowest BCUT2D eigenvalue weighted by Crippen LogP contribution is -2.41. The minimum Gasteiger partial charge on any atom is -0.491 e. The Morgan fingerprint density at radius 3 is 2.41 bits per heavy atom. The molecule has 2 aromatic rings. The number of amides is 2. The molecular formula is C16H18N2O3S. The molecule has 1 atom stereocenters. The number of hydrogen-bond donors (Lipinski definition) is 2. The SMILES string of the molecule is CC[C@H](C)Oc1ccc(C(=O)NNC(=O)c2cccs2)cc1. The predicted molar refractivity (Wildman–Crippen MR) is 86.1 cm³/mol. The fraction of sp³-hybridized carbons (Fsp3) is 0.250. The lowest BCUT2D eigenvalue weighted by Gasteiger charge is -2.12. The third-order valence-corrected chi connectivity index (χ3v) is 3.93. The first-order valence-corrected chi connectivity index (χ1v) is 7.89. The summed E-state index contributed by atoms with van der Waals surface area (Å²) in [7, 11) is 0. The quantitative estimate of drug-likeness (QED) is 0.833. The van der Waals surface area contributed by atoms with Crippen molar-refractivity contribution in [3.8, 4) is 5.75 Å². The Labute approximate surface area is 133 Å². The van der Waals surface area contributed by atoms with Gasteiger partial charge >= 0.3 is 0 Å². The van der Waals surface area contributed by atoms with Crippen LogP contribution in [-0.2, 0) is 0 Å². The smallest absolute Gasteiger partial charge is 0.279 e. The van der Waals surface area contributed by atoms with E-state index in [9.17, 15) is 9.59 Å². The Morgan fingerprint density at radius 2 is 1.82 bits per heavy atom. The maximum absolute atomic E-state index is 11.9. The first kappa shape index (κ1) is 16.0. The van der Waals surface area contributed by atoms with Crippen LogP contribution in [0.25, 0.3) is 0 Å². The van der Waals surface area contributed by atoms with Crippen molar-refractivity contribution in [3.63, 3.8) is 0 Å². The highest BCUT2D eigenvalue weighted by Crippen LogP contribution is 2.14. The molecule has 116 valence electrons. The average Bonchev–Trinajstić information content (AvgIpc) is 3.07. The van der Waals surface area contributed by atoms with Crippen LogP contribution in [-0.4, -0.2) is 17.9 Å². The fourth-order valence-electron chi connectivity index (χ4n) is 1.66. The summed E-state index contributed by atoms with van der Waals surface area (Å²) in [5.41, 5.74) is 5.21. The molecule has 6 heteroatoms. The molecule has 0 aliphatic heterocycles. The number of rotatable bonds is 5. The Bertz CT molecular complexity index is 623. The van der Waals surface area contributed by atoms with Crippen molar-refractivity contribution in [1.29, 1.82) is 0 Å². The molecule has 0 aliphatic rings. The number of carbonyl (C=O) groups excluding carboxylic acids is 2. The van der Waals surface area contributed by atoms with E-state index >= 15 is 0 Å². The molecule has 0 saturated carbocycles. The molecule has 0 spiro atoms. The Morgan fingerprint density at radius 1 is 1.14 bits per heavy atom. The van der Waals surface area contributed by atoms with Crippen LogP contribution in [0.3, 0.4) is 0 Å². The normalized spacial score (nSPS) is 11.5. The molecule has 1 aromatic heterocycles. The zero-order valence-electron chi connectivity index (χ0n) is 12.5. The van der Waals surface area contributed by atoms with Crippen molar-refractivity contribution in [1.82, 2.24) is 10.9 Å². The van der Waals surface area contributed by atoms with E-state index in [4.69, 9.17) is 4.74 Å². The lowest BCUT2D eigenvalue weighted by atomic mass is 10.2. The van der Waals surface area contributed by atoms with Crippen molar-refractivity contribution in [2.75, 3.05) is 0 Å². The number of benzene rings is 1. The molecule has 22 heavy (non-hydrogen) atoms. The molecule has 2 amide bonds. The van der Waals surface area contributed by atoms with Crippen LogP contribution < -0.4 is 15.6 Å². The van der Waals surface area contributed by atoms with Crippen molar-refractivity contribution in [2.45, 2.75) is 26.4 Å². The summed E-state index contributed by atoms with van der Waals surface area (Å²) < 4.78 is 5.65. The molecule has 0 fully saturated rings. The van der Waals surface area contributed by atoms with Gasteiger partial charge in [0, 0.05) is 5.56 Å². The molecule has 0 bridgehead atoms. The van der Waals surface area contributed by atoms with Crippen LogP contribution in [0.1, 0.15) is 40.3 Å². The van der Waals surface area contributed by atoms with E-state index in [2.05, 4.69) is 10.9 Å². The number of hydrogen-bond acceptors (Lipinski definition) is 4. The summed E-state index contributed by atoms with van der Waals surface area (Å²) in [6, 6.07) is 10.3. The van der Waals surface area contributed by atoms with Gasteiger partial charge in [-0.05, 0) is 49.1 Å². The molecule has 5 nitrogen and oxygen atoms in total. The van der Waals surface area contributed by atoms with Crippen LogP contribution in [0, 0.1) is 0 Å². The van der Waals surface area contributed by atoms with E-state index in [1.165, 1.54) is 11.3 Å². The van der Waals surface area contributed by atoms with Gasteiger partial charge in [0.15, 0.2) is 0 Å². The standard InChI is InChI=1S/C16H18N2O3S/c1-3-11(2)21-13-8-6-12(7-9-13)15(19)17-18-16(20)14-5-4-10-22-14/h4-11H,3H2,1-2H3,(H,17,19)(H,18,20)/t11-/m0/s1. The van der Waals surface area contributed by atoms with E-state index in [1.54, 1.807) is 41.8 Å². The molecule has 0 radical (unpaired) electrons. The number of ether oxygens (including phenoxy) is 1. The van der Waals surface area contributed by atoms with Crippen LogP contribution in [0.15, 0.2) is 41.8 Å². The van der Waals surface area contributed by atoms with E-state index < -0.39 is 0 Å². The second kappa shape index (κ2) is 7.61. The van der Waals surface area contributed by atoms with Gasteiger partial charge in [0.05, 0.1) is 11.0 Å². The molecule has 1 aromatic carbocycles. The molecule has 2 N–H and O–H groups in total. The summed E-state index contributed by atoms with van der Waals surface area (Å²) in [5, 5.41) is 1.80. The van der Waals surface area contributed by atoms with Crippen LogP contribution in [0.2, 0.25) is 0 Å². The minimum atomic E-state index is -0.375. The van der Waals surface area contributed by atoms with Gasteiger partial charge in [-0.1, -0.05) is 13.0 Å². The van der Waals surface area contributed by atoms with Gasteiger partial charge in [-0.3, -0.25) is 20.4 Å². The molecule has 0 unspecified atom stereocenters. The van der Waals surface area contributed by atoms with Crippen LogP contribution in [0.4, 0.5) is 0 Å². The molecule has 1 heterocycles. The Hall–Kier alpha value is -2.34. The third kappa shape index (κ3) is 4.33. The average molecular weight is 318 g/mol. The number of nitrogens with one attached hydrogen (secondary N) is 2. The van der Waals surface area contributed by atoms with Crippen molar-refractivity contribution in [2.24, 2.45) is 0 Å². The van der Waals surface area contributed by atoms with Gasteiger partial charge in [0.1, 0.15) is 5.75 Å². The Balaban J connectivity index is 1.88. The van der Waals surface area contributed by atoms with E-state index in [0.29, 0.717) is 16.2 Å². The van der Waals surface area contributed by atoms with Gasteiger partial charge in [-0.2, -0.15) is 0 Å². The monoisotopic (exact) mass is 318 g/mol. The second-order valence-electron chi connectivity index (χ2n) is 4.75. The molecule has 0 saturated heterocycles. The van der Waals surface area contributed by atoms with Gasteiger partial charge in [0.2, 0.25) is 0 Å². The minimum absolute atomic E-state index is 0.129. The summed E-state index contributed by atoms with van der Waals surface area (Å²) in [6.07, 6.45) is 1.04. The van der Waals surface area contributed by atoms with E-state index in [-0.39, 0.29) is 17.9 Å². The second-order valence-corrected chi connectivity index (χ2v) is 5.69. The van der Waals surface area contributed by atoms with Crippen LogP contribution >= 0.6 is 11.3 Å². The maximum atomic E-state index is 11.9. The highest BCUT2D eigenvalue weighted by atomic mass is 32.1. The van der Waals surface area contributed by atoms with Crippen LogP contribution in [0.5, 0.6) is 5.75 Å². The van der Waals surface area contributed by atoms with Crippen molar-refractivity contribution in [3.05, 3.63) is 52.2 Å². The summed E-state index contributed by atoms with van der Waals surface area (Å²) in [6.45, 7) is 4.03. The maximum Gasteiger partial charge on any atom is 0.279 e. The highest BCUT2D eigenvalue weighted by Gasteiger charge is 2.10. The van der Waals surface area contributed by atoms with Crippen molar-refractivity contribution >= 4 is 23.2 Å². The third-order valence-electron chi connectivity index (χ3n) is 3.06. The van der Waals surface area contributed by atoms with Gasteiger partial charge < -0.3 is 4.74 Å². The summed E-state index contributed by atoms with van der Waals surface area (Å²) >= 11 is 1.31. The summed E-state index contributed by atoms with van der Waals surface area (Å²) in [5.74, 6) is 0.00795. The topological polar surface area (TPSA) is 67.4 Å². The van der Waals surface area contributed by atoms with E-state index in [1.807, 2.05) is 13.8 Å². The Kier molecular flexibility index (Phi) is 5.55. The van der Waals surface area contributed by atoms with Gasteiger partial charge in [-0.25, -0.2) is 0 Å². The van der Waals surface area contributed by atoms with Crippen molar-refractivity contribution < 1.29 is 14.3 Å². The predicted octanol–water partition coefficient (Wildman–Crippen LogP) is 3.00. The highest BCUT2D eigenvalue weighted by molar-refractivity contribution is 7.12.